The van der Waals surface area contributed by atoms with Crippen LogP contribution in [-0.2, 0) is 16.0 Å². The monoisotopic (exact) mass is 296 g/mol. The van der Waals surface area contributed by atoms with Crippen LogP contribution < -0.4 is 5.73 Å². The number of nitrogens with zero attached hydrogens (tertiary/aromatic N) is 1. The Kier molecular flexibility index (Phi) is 5.03. The fourth-order valence-corrected chi connectivity index (χ4v) is 3.14. The molecule has 4 nitrogen and oxygen atoms in total. The van der Waals surface area contributed by atoms with E-state index in [2.05, 4.69) is 0 Å². The normalized spacial score (nSPS) is 18.2. The molecule has 2 rings (SSSR count). The van der Waals surface area contributed by atoms with Crippen LogP contribution in [0, 0.1) is 5.82 Å². The summed E-state index contributed by atoms with van der Waals surface area (Å²) in [6.45, 7) is 1.15. The molecule has 0 saturated heterocycles. The lowest BCUT2D eigenvalue weighted by Gasteiger charge is -2.21. The Morgan fingerprint density at radius 1 is 1.45 bits per heavy atom. The Labute approximate surface area is 121 Å². The average molecular weight is 296 g/mol. The van der Waals surface area contributed by atoms with Gasteiger partial charge in [-0.05, 0) is 17.7 Å². The molecule has 108 valence electrons. The second kappa shape index (κ2) is 6.76. The van der Waals surface area contributed by atoms with Gasteiger partial charge in [-0.15, -0.1) is 0 Å². The van der Waals surface area contributed by atoms with Gasteiger partial charge in [-0.25, -0.2) is 4.39 Å². The molecule has 1 unspecified atom stereocenters. The minimum Gasteiger partial charge on any atom is -0.383 e. The van der Waals surface area contributed by atoms with Gasteiger partial charge in [0.1, 0.15) is 5.82 Å². The van der Waals surface area contributed by atoms with Crippen LogP contribution in [0.4, 0.5) is 4.39 Å². The molecule has 1 aromatic carbocycles. The Hall–Kier alpha value is -1.53. The maximum absolute atomic E-state index is 12.9. The molecule has 1 amide bonds. The zero-order valence-electron chi connectivity index (χ0n) is 11.2. The van der Waals surface area contributed by atoms with Gasteiger partial charge in [0.15, 0.2) is 5.37 Å². The molecule has 2 N–H and O–H groups in total. The molecule has 1 aromatic rings. The van der Waals surface area contributed by atoms with Crippen molar-refractivity contribution in [3.8, 4) is 0 Å². The summed E-state index contributed by atoms with van der Waals surface area (Å²) in [5, 5.41) is -0.388. The average Bonchev–Trinajstić information content (AvgIpc) is 2.82. The van der Waals surface area contributed by atoms with Crippen molar-refractivity contribution in [3.63, 3.8) is 0 Å². The molecule has 1 heterocycles. The molecule has 0 aliphatic carbocycles. The zero-order chi connectivity index (χ0) is 14.5. The van der Waals surface area contributed by atoms with Crippen molar-refractivity contribution in [2.75, 3.05) is 20.3 Å². The Morgan fingerprint density at radius 2 is 2.15 bits per heavy atom. The van der Waals surface area contributed by atoms with Gasteiger partial charge in [-0.3, -0.25) is 4.79 Å². The number of carbonyl (C=O) groups is 1. The summed E-state index contributed by atoms with van der Waals surface area (Å²) < 4.78 is 17.9. The van der Waals surface area contributed by atoms with Crippen LogP contribution in [0.15, 0.2) is 35.4 Å². The van der Waals surface area contributed by atoms with Crippen LogP contribution in [0.5, 0.6) is 0 Å². The molecule has 1 aliphatic heterocycles. The topological polar surface area (TPSA) is 55.6 Å². The molecular formula is C14H17FN2O2S. The smallest absolute Gasteiger partial charge is 0.250 e. The van der Waals surface area contributed by atoms with Crippen LogP contribution in [0.1, 0.15) is 5.56 Å². The number of primary amides is 1. The maximum atomic E-state index is 12.9. The van der Waals surface area contributed by atoms with Gasteiger partial charge in [0.05, 0.1) is 6.61 Å². The molecule has 0 saturated carbocycles. The molecule has 0 spiro atoms. The van der Waals surface area contributed by atoms with E-state index in [0.717, 1.165) is 10.5 Å². The summed E-state index contributed by atoms with van der Waals surface area (Å²) in [6, 6.07) is 6.36. The van der Waals surface area contributed by atoms with Gasteiger partial charge in [0.25, 0.3) is 5.91 Å². The quantitative estimate of drug-likeness (QED) is 0.868. The number of allylic oxidation sites excluding steroid dienone is 1. The molecule has 0 bridgehead atoms. The Balaban J connectivity index is 2.04. The molecule has 0 radical (unpaired) electrons. The minimum atomic E-state index is -0.388. The number of hydrogen-bond donors (Lipinski definition) is 1. The first kappa shape index (κ1) is 14.9. The summed E-state index contributed by atoms with van der Waals surface area (Å²) in [6.07, 6.45) is 2.60. The third kappa shape index (κ3) is 3.74. The van der Waals surface area contributed by atoms with E-state index in [1.807, 2.05) is 11.1 Å². The van der Waals surface area contributed by atoms with Crippen molar-refractivity contribution in [1.29, 1.82) is 0 Å². The predicted molar refractivity (Wildman–Crippen MR) is 77.3 cm³/mol. The number of amides is 1. The van der Waals surface area contributed by atoms with Crippen molar-refractivity contribution in [2.24, 2.45) is 5.73 Å². The number of hydrogen-bond acceptors (Lipinski definition) is 4. The van der Waals surface area contributed by atoms with Crippen molar-refractivity contribution >= 4 is 17.7 Å². The highest BCUT2D eigenvalue weighted by Gasteiger charge is 2.29. The van der Waals surface area contributed by atoms with Gasteiger partial charge < -0.3 is 15.4 Å². The highest BCUT2D eigenvalue weighted by atomic mass is 32.2. The standard InChI is InChI=1S/C14H17FN2O2S/c1-19-7-6-17-9-12(20-14(17)13(16)18)8-10-2-4-11(15)5-3-10/h2-5,9,14H,6-8H2,1H3,(H2,16,18). The van der Waals surface area contributed by atoms with E-state index in [1.54, 1.807) is 19.2 Å². The predicted octanol–water partition coefficient (Wildman–Crippen LogP) is 1.72. The summed E-state index contributed by atoms with van der Waals surface area (Å²) in [4.78, 5) is 14.4. The summed E-state index contributed by atoms with van der Waals surface area (Å²) in [7, 11) is 1.62. The van der Waals surface area contributed by atoms with E-state index < -0.39 is 0 Å². The Morgan fingerprint density at radius 3 is 2.75 bits per heavy atom. The third-order valence-electron chi connectivity index (χ3n) is 2.96. The van der Waals surface area contributed by atoms with Gasteiger partial charge in [-0.1, -0.05) is 23.9 Å². The molecule has 0 fully saturated rings. The number of ether oxygens (including phenoxy) is 1. The highest BCUT2D eigenvalue weighted by molar-refractivity contribution is 8.04. The maximum Gasteiger partial charge on any atom is 0.250 e. The second-order valence-corrected chi connectivity index (χ2v) is 5.71. The zero-order valence-corrected chi connectivity index (χ0v) is 12.0. The molecular weight excluding hydrogens is 279 g/mol. The lowest BCUT2D eigenvalue weighted by Crippen LogP contribution is -2.38. The van der Waals surface area contributed by atoms with E-state index in [4.69, 9.17) is 10.5 Å². The van der Waals surface area contributed by atoms with Gasteiger partial charge >= 0.3 is 0 Å². The molecule has 1 aliphatic rings. The number of carbonyl (C=O) groups excluding carboxylic acids is 1. The number of rotatable bonds is 6. The third-order valence-corrected chi connectivity index (χ3v) is 4.24. The van der Waals surface area contributed by atoms with Crippen molar-refractivity contribution in [1.82, 2.24) is 4.90 Å². The minimum absolute atomic E-state index is 0.251. The van der Waals surface area contributed by atoms with Crippen LogP contribution in [0.25, 0.3) is 0 Å². The van der Waals surface area contributed by atoms with Gasteiger partial charge in [0.2, 0.25) is 0 Å². The number of methoxy groups -OCH3 is 1. The Bertz CT molecular complexity index is 504. The summed E-state index contributed by atoms with van der Waals surface area (Å²) in [5.74, 6) is -0.616. The van der Waals surface area contributed by atoms with Crippen LogP contribution in [0.3, 0.4) is 0 Å². The summed E-state index contributed by atoms with van der Waals surface area (Å²) >= 11 is 1.44. The van der Waals surface area contributed by atoms with Crippen LogP contribution in [-0.4, -0.2) is 36.4 Å². The van der Waals surface area contributed by atoms with E-state index in [9.17, 15) is 9.18 Å². The van der Waals surface area contributed by atoms with Crippen molar-refractivity contribution < 1.29 is 13.9 Å². The lowest BCUT2D eigenvalue weighted by molar-refractivity contribution is -0.119. The van der Waals surface area contributed by atoms with Crippen molar-refractivity contribution in [3.05, 3.63) is 46.8 Å². The first-order chi connectivity index (χ1) is 9.60. The fourth-order valence-electron chi connectivity index (χ4n) is 1.98. The van der Waals surface area contributed by atoms with Gasteiger partial charge in [-0.2, -0.15) is 0 Å². The summed E-state index contributed by atoms with van der Waals surface area (Å²) in [5.41, 5.74) is 6.41. The van der Waals surface area contributed by atoms with Crippen LogP contribution >= 0.6 is 11.8 Å². The number of benzene rings is 1. The number of nitrogens with two attached hydrogens (primary N) is 1. The molecule has 20 heavy (non-hydrogen) atoms. The highest BCUT2D eigenvalue weighted by Crippen LogP contribution is 2.34. The molecule has 1 atom stereocenters. The van der Waals surface area contributed by atoms with E-state index >= 15 is 0 Å². The largest absolute Gasteiger partial charge is 0.383 e. The van der Waals surface area contributed by atoms with E-state index in [1.165, 1.54) is 23.9 Å². The van der Waals surface area contributed by atoms with Crippen molar-refractivity contribution in [2.45, 2.75) is 11.8 Å². The number of thioether (sulfide) groups is 1. The van der Waals surface area contributed by atoms with E-state index in [-0.39, 0.29) is 17.1 Å². The SMILES string of the molecule is COCCN1C=C(Cc2ccc(F)cc2)SC1C(N)=O. The second-order valence-electron chi connectivity index (χ2n) is 4.50. The van der Waals surface area contributed by atoms with Gasteiger partial charge in [0, 0.05) is 31.2 Å². The molecule has 0 aromatic heterocycles. The first-order valence-electron chi connectivity index (χ1n) is 6.26. The lowest BCUT2D eigenvalue weighted by atomic mass is 10.1. The first-order valence-corrected chi connectivity index (χ1v) is 7.14. The fraction of sp³-hybridized carbons (Fsp3) is 0.357. The number of halogens is 1. The van der Waals surface area contributed by atoms with Crippen LogP contribution in [0.2, 0.25) is 0 Å². The van der Waals surface area contributed by atoms with E-state index in [0.29, 0.717) is 19.6 Å². The molecule has 6 heteroatoms.